The molecule has 1 aliphatic heterocycles. The molecule has 0 spiro atoms. The van der Waals surface area contributed by atoms with Crippen LogP contribution in [0.5, 0.6) is 5.75 Å². The molecule has 4 heteroatoms. The molecule has 1 aliphatic rings. The number of fused-ring (bicyclic) bond motifs is 1. The van der Waals surface area contributed by atoms with Crippen LogP contribution in [-0.4, -0.2) is 12.4 Å². The van der Waals surface area contributed by atoms with Gasteiger partial charge in [0.1, 0.15) is 18.2 Å². The SMILES string of the molecule is CCO[C@]1(Cc2ccc(OCc3cccc(F)c3)cc2)Cc2cc[c]cc2CO1. The largest absolute Gasteiger partial charge is 0.489 e. The molecule has 1 radical (unpaired) electrons. The van der Waals surface area contributed by atoms with Gasteiger partial charge >= 0.3 is 0 Å². The van der Waals surface area contributed by atoms with Crippen molar-refractivity contribution in [2.75, 3.05) is 6.61 Å². The van der Waals surface area contributed by atoms with Crippen molar-refractivity contribution in [1.82, 2.24) is 0 Å². The summed E-state index contributed by atoms with van der Waals surface area (Å²) < 4.78 is 31.3. The second-order valence-corrected chi connectivity index (χ2v) is 7.24. The van der Waals surface area contributed by atoms with Crippen molar-refractivity contribution >= 4 is 0 Å². The zero-order chi connectivity index (χ0) is 20.1. The summed E-state index contributed by atoms with van der Waals surface area (Å²) in [5.74, 6) is -0.170. The molecule has 0 amide bonds. The summed E-state index contributed by atoms with van der Waals surface area (Å²) >= 11 is 0. The van der Waals surface area contributed by atoms with Gasteiger partial charge in [0.15, 0.2) is 5.79 Å². The van der Waals surface area contributed by atoms with Gasteiger partial charge < -0.3 is 14.2 Å². The molecule has 0 saturated carbocycles. The van der Waals surface area contributed by atoms with Crippen molar-refractivity contribution in [2.24, 2.45) is 0 Å². The van der Waals surface area contributed by atoms with Gasteiger partial charge in [-0.05, 0) is 65.6 Å². The fourth-order valence-corrected chi connectivity index (χ4v) is 3.68. The molecule has 3 nitrogen and oxygen atoms in total. The first-order valence-electron chi connectivity index (χ1n) is 9.88. The summed E-state index contributed by atoms with van der Waals surface area (Å²) in [4.78, 5) is 0. The topological polar surface area (TPSA) is 27.7 Å². The van der Waals surface area contributed by atoms with Gasteiger partial charge in [-0.3, -0.25) is 0 Å². The van der Waals surface area contributed by atoms with Gasteiger partial charge in [0, 0.05) is 19.4 Å². The van der Waals surface area contributed by atoms with Gasteiger partial charge in [0.25, 0.3) is 0 Å². The maximum absolute atomic E-state index is 13.3. The lowest BCUT2D eigenvalue weighted by Crippen LogP contribution is -2.43. The summed E-state index contributed by atoms with van der Waals surface area (Å²) in [5, 5.41) is 0. The van der Waals surface area contributed by atoms with E-state index in [9.17, 15) is 4.39 Å². The van der Waals surface area contributed by atoms with E-state index in [2.05, 4.69) is 12.1 Å². The van der Waals surface area contributed by atoms with Gasteiger partial charge in [-0.1, -0.05) is 36.4 Å². The third-order valence-electron chi connectivity index (χ3n) is 5.10. The predicted octanol–water partition coefficient (Wildman–Crippen LogP) is 5.25. The van der Waals surface area contributed by atoms with Crippen LogP contribution in [0.1, 0.15) is 29.2 Å². The Morgan fingerprint density at radius 3 is 2.72 bits per heavy atom. The zero-order valence-corrected chi connectivity index (χ0v) is 16.5. The van der Waals surface area contributed by atoms with Gasteiger partial charge in [-0.25, -0.2) is 4.39 Å². The first-order chi connectivity index (χ1) is 14.2. The molecule has 0 bridgehead atoms. The minimum atomic E-state index is -0.660. The molecular weight excluding hydrogens is 367 g/mol. The van der Waals surface area contributed by atoms with E-state index in [1.807, 2.05) is 49.4 Å². The highest BCUT2D eigenvalue weighted by Gasteiger charge is 2.36. The lowest BCUT2D eigenvalue weighted by Gasteiger charge is -2.38. The van der Waals surface area contributed by atoms with E-state index in [-0.39, 0.29) is 5.82 Å². The Kier molecular flexibility index (Phi) is 5.93. The number of halogens is 1. The summed E-state index contributed by atoms with van der Waals surface area (Å²) in [5.41, 5.74) is 4.33. The number of benzene rings is 3. The maximum Gasteiger partial charge on any atom is 0.176 e. The standard InChI is InChI=1S/C25H24FO3/c1-2-28-25(16-21-7-3-4-8-22(21)18-29-25)15-19-10-12-24(13-11-19)27-17-20-6-5-9-23(26)14-20/h3,5-14H,2,15-18H2,1H3/t25-/m0/s1. The third kappa shape index (κ3) is 4.84. The summed E-state index contributed by atoms with van der Waals surface area (Å²) in [6.07, 6.45) is 1.37. The second-order valence-electron chi connectivity index (χ2n) is 7.24. The Labute approximate surface area is 171 Å². The Balaban J connectivity index is 1.43. The van der Waals surface area contributed by atoms with Crippen LogP contribution in [0, 0.1) is 11.9 Å². The average molecular weight is 391 g/mol. The number of hydrogen-bond acceptors (Lipinski definition) is 3. The fraction of sp³-hybridized carbons (Fsp3) is 0.280. The highest BCUT2D eigenvalue weighted by atomic mass is 19.1. The minimum Gasteiger partial charge on any atom is -0.489 e. The van der Waals surface area contributed by atoms with Crippen molar-refractivity contribution in [3.8, 4) is 5.75 Å². The highest BCUT2D eigenvalue weighted by molar-refractivity contribution is 5.32. The van der Waals surface area contributed by atoms with E-state index < -0.39 is 5.79 Å². The van der Waals surface area contributed by atoms with Crippen LogP contribution >= 0.6 is 0 Å². The predicted molar refractivity (Wildman–Crippen MR) is 109 cm³/mol. The molecule has 0 unspecified atom stereocenters. The van der Waals surface area contributed by atoms with Crippen LogP contribution in [0.15, 0.2) is 66.7 Å². The maximum atomic E-state index is 13.3. The first-order valence-corrected chi connectivity index (χ1v) is 9.88. The van der Waals surface area contributed by atoms with E-state index in [0.29, 0.717) is 32.7 Å². The monoisotopic (exact) mass is 391 g/mol. The van der Waals surface area contributed by atoms with Crippen molar-refractivity contribution in [3.63, 3.8) is 0 Å². The van der Waals surface area contributed by atoms with E-state index in [4.69, 9.17) is 14.2 Å². The Bertz CT molecular complexity index is 954. The van der Waals surface area contributed by atoms with Gasteiger partial charge in [-0.15, -0.1) is 0 Å². The smallest absolute Gasteiger partial charge is 0.176 e. The molecule has 0 saturated heterocycles. The van der Waals surface area contributed by atoms with E-state index in [1.165, 1.54) is 23.3 Å². The minimum absolute atomic E-state index is 0.255. The quantitative estimate of drug-likeness (QED) is 0.550. The molecule has 1 atom stereocenters. The molecular formula is C25H24FO3. The van der Waals surface area contributed by atoms with Crippen LogP contribution in [0.3, 0.4) is 0 Å². The molecule has 29 heavy (non-hydrogen) atoms. The van der Waals surface area contributed by atoms with Crippen LogP contribution in [0.4, 0.5) is 4.39 Å². The van der Waals surface area contributed by atoms with Gasteiger partial charge in [0.05, 0.1) is 6.61 Å². The van der Waals surface area contributed by atoms with Crippen LogP contribution in [0.25, 0.3) is 0 Å². The van der Waals surface area contributed by atoms with E-state index in [0.717, 1.165) is 16.9 Å². The number of hydrogen-bond donors (Lipinski definition) is 0. The van der Waals surface area contributed by atoms with E-state index in [1.54, 1.807) is 6.07 Å². The molecule has 4 rings (SSSR count). The second kappa shape index (κ2) is 8.76. The molecule has 0 fully saturated rings. The van der Waals surface area contributed by atoms with Gasteiger partial charge in [-0.2, -0.15) is 0 Å². The normalized spacial score (nSPS) is 18.3. The first kappa shape index (κ1) is 19.6. The van der Waals surface area contributed by atoms with Crippen LogP contribution < -0.4 is 4.74 Å². The average Bonchev–Trinajstić information content (AvgIpc) is 2.73. The zero-order valence-electron chi connectivity index (χ0n) is 16.5. The number of ether oxygens (including phenoxy) is 3. The molecule has 0 N–H and O–H groups in total. The van der Waals surface area contributed by atoms with Gasteiger partial charge in [0.2, 0.25) is 0 Å². The molecule has 1 heterocycles. The third-order valence-corrected chi connectivity index (χ3v) is 5.10. The lowest BCUT2D eigenvalue weighted by molar-refractivity contribution is -0.246. The van der Waals surface area contributed by atoms with Crippen molar-refractivity contribution in [2.45, 2.75) is 38.8 Å². The van der Waals surface area contributed by atoms with Crippen LogP contribution in [-0.2, 0) is 35.5 Å². The molecule has 149 valence electrons. The van der Waals surface area contributed by atoms with Crippen molar-refractivity contribution in [3.05, 3.63) is 101 Å². The summed E-state index contributed by atoms with van der Waals surface area (Å²) in [6.45, 7) is 3.43. The van der Waals surface area contributed by atoms with Crippen LogP contribution in [0.2, 0.25) is 0 Å². The Hall–Kier alpha value is -2.69. The molecule has 3 aromatic carbocycles. The van der Waals surface area contributed by atoms with Crippen molar-refractivity contribution < 1.29 is 18.6 Å². The summed E-state index contributed by atoms with van der Waals surface area (Å²) in [7, 11) is 0. The molecule has 3 aromatic rings. The lowest BCUT2D eigenvalue weighted by atomic mass is 9.92. The number of rotatable bonds is 7. The van der Waals surface area contributed by atoms with Crippen molar-refractivity contribution in [1.29, 1.82) is 0 Å². The Morgan fingerprint density at radius 1 is 1.07 bits per heavy atom. The van der Waals surface area contributed by atoms with E-state index >= 15 is 0 Å². The molecule has 0 aliphatic carbocycles. The highest BCUT2D eigenvalue weighted by Crippen LogP contribution is 2.32. The summed E-state index contributed by atoms with van der Waals surface area (Å²) in [6, 6.07) is 23.5. The fourth-order valence-electron chi connectivity index (χ4n) is 3.68. The Morgan fingerprint density at radius 2 is 1.93 bits per heavy atom. The molecule has 0 aromatic heterocycles.